The van der Waals surface area contributed by atoms with Gasteiger partial charge in [0.05, 0.1) is 23.7 Å². The highest BCUT2D eigenvalue weighted by Gasteiger charge is 2.47. The Morgan fingerprint density at radius 2 is 1.80 bits per heavy atom. The molecule has 0 spiro atoms. The number of aryl methyl sites for hydroxylation is 1. The number of aromatic hydroxyl groups is 1. The van der Waals surface area contributed by atoms with Gasteiger partial charge in [-0.3, -0.25) is 14.5 Å². The Bertz CT molecular complexity index is 2330. The summed E-state index contributed by atoms with van der Waals surface area (Å²) in [5.74, 6) is 1.71. The first kappa shape index (κ1) is 36.1. The zero-order valence-electron chi connectivity index (χ0n) is 31.7. The largest absolute Gasteiger partial charge is 0.508 e. The van der Waals surface area contributed by atoms with Gasteiger partial charge in [0.25, 0.3) is 0 Å². The van der Waals surface area contributed by atoms with E-state index in [4.69, 9.17) is 35.7 Å². The minimum Gasteiger partial charge on any atom is -0.508 e. The van der Waals surface area contributed by atoms with Crippen LogP contribution in [0.2, 0.25) is 0 Å². The molecule has 9 rings (SSSR count). The van der Waals surface area contributed by atoms with E-state index in [9.17, 15) is 5.11 Å². The second kappa shape index (κ2) is 14.2. The molecule has 3 saturated heterocycles. The highest BCUT2D eigenvalue weighted by molar-refractivity contribution is 6.18. The monoisotopic (exact) mass is 751 g/mol. The van der Waals surface area contributed by atoms with E-state index >= 15 is 8.78 Å². The summed E-state index contributed by atoms with van der Waals surface area (Å²) in [5, 5.41) is 17.7. The first-order valence-electron chi connectivity index (χ1n) is 19.4. The van der Waals surface area contributed by atoms with Crippen molar-refractivity contribution in [3.8, 4) is 35.2 Å². The smallest absolute Gasteiger partial charge is 0.319 e. The van der Waals surface area contributed by atoms with Crippen LogP contribution in [0, 0.1) is 29.4 Å². The van der Waals surface area contributed by atoms with Crippen LogP contribution in [-0.4, -0.2) is 120 Å². The van der Waals surface area contributed by atoms with Crippen LogP contribution < -0.4 is 9.64 Å². The lowest BCUT2D eigenvalue weighted by Crippen LogP contribution is -2.54. The number of benzene rings is 3. The van der Waals surface area contributed by atoms with Crippen molar-refractivity contribution in [2.45, 2.75) is 56.7 Å². The van der Waals surface area contributed by atoms with E-state index in [1.807, 2.05) is 6.20 Å². The third-order valence-electron chi connectivity index (χ3n) is 12.3. The number of likely N-dealkylation sites (tertiary alicyclic amines) is 2. The number of methoxy groups -OCH3 is 2. The summed E-state index contributed by atoms with van der Waals surface area (Å²) >= 11 is 0. The van der Waals surface area contributed by atoms with Crippen molar-refractivity contribution >= 4 is 38.4 Å². The molecule has 2 unspecified atom stereocenters. The molecule has 1 N–H and O–H groups in total. The molecular formula is C42H47F2N7O4. The number of terminal acetylenes is 1. The Hall–Kier alpha value is -4.61. The number of hydrogen-bond acceptors (Lipinski definition) is 10. The maximum atomic E-state index is 17.8. The zero-order valence-corrected chi connectivity index (χ0v) is 31.7. The highest BCUT2D eigenvalue weighted by Crippen LogP contribution is 2.49. The number of phenols is 1. The van der Waals surface area contributed by atoms with E-state index < -0.39 is 11.6 Å². The summed E-state index contributed by atoms with van der Waals surface area (Å²) < 4.78 is 52.2. The van der Waals surface area contributed by atoms with E-state index in [0.29, 0.717) is 46.1 Å². The lowest BCUT2D eigenvalue weighted by atomic mass is 9.91. The molecule has 1 aliphatic carbocycles. The van der Waals surface area contributed by atoms with Crippen molar-refractivity contribution in [3.05, 3.63) is 47.7 Å². The second-order valence-electron chi connectivity index (χ2n) is 16.0. The number of rotatable bonds is 12. The molecule has 1 saturated carbocycles. The fraction of sp³-hybridized carbons (Fsp3) is 0.500. The molecule has 3 aliphatic heterocycles. The van der Waals surface area contributed by atoms with Crippen LogP contribution in [0.25, 0.3) is 43.7 Å². The van der Waals surface area contributed by atoms with Crippen LogP contribution in [0.3, 0.4) is 0 Å². The van der Waals surface area contributed by atoms with Gasteiger partial charge in [0.2, 0.25) is 0 Å². The minimum absolute atomic E-state index is 0.0204. The van der Waals surface area contributed by atoms with Crippen molar-refractivity contribution in [2.75, 3.05) is 71.6 Å². The summed E-state index contributed by atoms with van der Waals surface area (Å²) in [7, 11) is 5.28. The summed E-state index contributed by atoms with van der Waals surface area (Å²) in [6.45, 7) is 6.57. The van der Waals surface area contributed by atoms with Gasteiger partial charge in [-0.25, -0.2) is 8.78 Å². The lowest BCUT2D eigenvalue weighted by Gasteiger charge is -2.42. The SMILES string of the molecule is C#Cc1c(F)ccc2cc(O)cc(-c3c(F)c4nc(OCC5(CN6CC[C@@H](OC)C6)CC5)nc(N5C6CCC5CN(CCCOC)C6)c4c4cn(C)nc34)c12. The lowest BCUT2D eigenvalue weighted by molar-refractivity contribution is 0.100. The molecule has 4 fully saturated rings. The van der Waals surface area contributed by atoms with Gasteiger partial charge < -0.3 is 24.2 Å². The molecule has 5 heterocycles. The van der Waals surface area contributed by atoms with E-state index in [2.05, 4.69) is 20.6 Å². The van der Waals surface area contributed by atoms with E-state index in [-0.39, 0.29) is 57.6 Å². The van der Waals surface area contributed by atoms with Crippen LogP contribution in [0.1, 0.15) is 44.1 Å². The third-order valence-corrected chi connectivity index (χ3v) is 12.3. The van der Waals surface area contributed by atoms with Gasteiger partial charge in [0.15, 0.2) is 5.82 Å². The number of piperazine rings is 1. The van der Waals surface area contributed by atoms with Crippen molar-refractivity contribution in [1.29, 1.82) is 0 Å². The van der Waals surface area contributed by atoms with Gasteiger partial charge in [-0.05, 0) is 67.7 Å². The average molecular weight is 752 g/mol. The molecule has 5 aromatic rings. The maximum Gasteiger partial charge on any atom is 0.319 e. The Morgan fingerprint density at radius 3 is 2.51 bits per heavy atom. The van der Waals surface area contributed by atoms with Gasteiger partial charge in [-0.2, -0.15) is 15.1 Å². The van der Waals surface area contributed by atoms with Gasteiger partial charge in [0, 0.05) is 107 Å². The molecule has 55 heavy (non-hydrogen) atoms. The maximum absolute atomic E-state index is 17.8. The molecule has 0 amide bonds. The second-order valence-corrected chi connectivity index (χ2v) is 16.0. The average Bonchev–Trinajstić information content (AvgIpc) is 3.44. The number of nitrogens with zero attached hydrogens (tertiary/aromatic N) is 7. The number of anilines is 1. The topological polar surface area (TPSA) is 101 Å². The van der Waals surface area contributed by atoms with Crippen molar-refractivity contribution in [3.63, 3.8) is 0 Å². The third kappa shape index (κ3) is 6.43. The Labute approximate surface area is 319 Å². The number of phenolic OH excluding ortho intramolecular Hbond substituents is 1. The number of ether oxygens (including phenoxy) is 3. The van der Waals surface area contributed by atoms with Crippen molar-refractivity contribution in [1.82, 2.24) is 29.5 Å². The fourth-order valence-electron chi connectivity index (χ4n) is 9.48. The summed E-state index contributed by atoms with van der Waals surface area (Å²) in [5.41, 5.74) is 0.685. The zero-order chi connectivity index (χ0) is 38.0. The Balaban J connectivity index is 1.20. The molecule has 3 atom stereocenters. The quantitative estimate of drug-likeness (QED) is 0.123. The molecular weight excluding hydrogens is 705 g/mol. The molecule has 3 aromatic carbocycles. The van der Waals surface area contributed by atoms with Crippen molar-refractivity contribution in [2.24, 2.45) is 12.5 Å². The Morgan fingerprint density at radius 1 is 1.00 bits per heavy atom. The summed E-state index contributed by atoms with van der Waals surface area (Å²) in [6.07, 6.45) is 14.0. The van der Waals surface area contributed by atoms with Crippen LogP contribution in [-0.2, 0) is 16.5 Å². The molecule has 288 valence electrons. The van der Waals surface area contributed by atoms with Crippen molar-refractivity contribution < 1.29 is 28.1 Å². The summed E-state index contributed by atoms with van der Waals surface area (Å²) in [4.78, 5) is 17.3. The Kier molecular flexibility index (Phi) is 9.28. The van der Waals surface area contributed by atoms with Crippen LogP contribution >= 0.6 is 0 Å². The molecule has 2 bridgehead atoms. The number of fused-ring (bicyclic) bond motifs is 6. The molecule has 13 heteroatoms. The fourth-order valence-corrected chi connectivity index (χ4v) is 9.48. The van der Waals surface area contributed by atoms with E-state index in [1.165, 1.54) is 24.3 Å². The van der Waals surface area contributed by atoms with Crippen LogP contribution in [0.4, 0.5) is 14.6 Å². The van der Waals surface area contributed by atoms with Gasteiger partial charge in [0.1, 0.15) is 28.4 Å². The summed E-state index contributed by atoms with van der Waals surface area (Å²) in [6, 6.07) is 6.16. The predicted octanol–water partition coefficient (Wildman–Crippen LogP) is 5.87. The van der Waals surface area contributed by atoms with E-state index in [0.717, 1.165) is 77.8 Å². The van der Waals surface area contributed by atoms with E-state index in [1.54, 1.807) is 25.9 Å². The molecule has 0 radical (unpaired) electrons. The van der Waals surface area contributed by atoms with Crippen LogP contribution in [0.15, 0.2) is 30.5 Å². The van der Waals surface area contributed by atoms with Gasteiger partial charge in [-0.15, -0.1) is 6.42 Å². The number of halogens is 2. The normalized spacial score (nSPS) is 22.3. The molecule has 2 aromatic heterocycles. The molecule has 11 nitrogen and oxygen atoms in total. The first-order valence-corrected chi connectivity index (χ1v) is 19.4. The number of hydrogen-bond donors (Lipinski definition) is 1. The number of aromatic nitrogens is 4. The van der Waals surface area contributed by atoms with Crippen LogP contribution in [0.5, 0.6) is 11.8 Å². The predicted molar refractivity (Wildman–Crippen MR) is 208 cm³/mol. The van der Waals surface area contributed by atoms with Gasteiger partial charge >= 0.3 is 6.01 Å². The standard InChI is InChI=1S/C42H47F2N7O4/c1-5-30-33(43)10-7-25-17-28(52)18-31(34(25)30)35-37(44)39-36(32-22-48(2)47-38(32)35)40(51-26-8-9-27(51)20-49(19-26)14-6-16-53-3)46-41(45-39)55-24-42(12-13-42)23-50-15-11-29(21-50)54-4/h1,7,10,17-18,22,26-27,29,52H,6,8-9,11-16,19-21,23-24H2,2-4H3/t26?,27?,29-/m1/s1. The first-order chi connectivity index (χ1) is 26.7. The highest BCUT2D eigenvalue weighted by atomic mass is 19.1. The molecule has 4 aliphatic rings. The minimum atomic E-state index is -0.664. The van der Waals surface area contributed by atoms with Gasteiger partial charge in [-0.1, -0.05) is 12.0 Å².